The van der Waals surface area contributed by atoms with E-state index in [2.05, 4.69) is 135 Å². The lowest BCUT2D eigenvalue weighted by atomic mass is 9.62. The van der Waals surface area contributed by atoms with Crippen molar-refractivity contribution in [2.45, 2.75) is 104 Å². The quantitative estimate of drug-likeness (QED) is 0.319. The van der Waals surface area contributed by atoms with Crippen molar-refractivity contribution in [3.8, 4) is 11.1 Å². The Labute approximate surface area is 237 Å². The highest BCUT2D eigenvalue weighted by Crippen LogP contribution is 2.64. The van der Waals surface area contributed by atoms with E-state index in [0.29, 0.717) is 5.92 Å². The topological polar surface area (TPSA) is 0 Å². The van der Waals surface area contributed by atoms with E-state index in [1.54, 1.807) is 16.7 Å². The van der Waals surface area contributed by atoms with Crippen molar-refractivity contribution >= 4 is 0 Å². The average Bonchev–Trinajstić information content (AvgIpc) is 3.53. The molecule has 0 saturated carbocycles. The highest BCUT2D eigenvalue weighted by molar-refractivity contribution is 5.82. The van der Waals surface area contributed by atoms with Crippen LogP contribution in [0, 0.1) is 5.41 Å². The van der Waals surface area contributed by atoms with Crippen molar-refractivity contribution < 1.29 is 0 Å². The molecule has 0 radical (unpaired) electrons. The molecule has 3 aliphatic carbocycles. The van der Waals surface area contributed by atoms with Gasteiger partial charge in [0.1, 0.15) is 0 Å². The monoisotopic (exact) mass is 514 g/mol. The molecule has 0 aliphatic heterocycles. The van der Waals surface area contributed by atoms with Crippen molar-refractivity contribution in [3.63, 3.8) is 0 Å². The minimum atomic E-state index is -0.0589. The zero-order valence-electron chi connectivity index (χ0n) is 25.6. The number of hydrogen-bond acceptors (Lipinski definition) is 0. The van der Waals surface area contributed by atoms with Gasteiger partial charge in [-0.2, -0.15) is 0 Å². The van der Waals surface area contributed by atoms with Gasteiger partial charge < -0.3 is 0 Å². The maximum absolute atomic E-state index is 2.63. The normalized spacial score (nSPS) is 21.2. The smallest absolute Gasteiger partial charge is 0.0315 e. The average molecular weight is 515 g/mol. The first kappa shape index (κ1) is 26.4. The van der Waals surface area contributed by atoms with Gasteiger partial charge >= 0.3 is 0 Å². The fourth-order valence-corrected chi connectivity index (χ4v) is 7.51. The van der Waals surface area contributed by atoms with Crippen molar-refractivity contribution in [1.82, 2.24) is 0 Å². The summed E-state index contributed by atoms with van der Waals surface area (Å²) in [6.07, 6.45) is 6.15. The SMILES string of the molecule is CC(C)(C)C1=CC2=C(CCC2(c2ccccc2)C2c3cc(C(C)(C)C)ccc3-c3ccc(C(C)(C)C)cc32)C1. The molecule has 1 unspecified atom stereocenters. The van der Waals surface area contributed by atoms with Crippen LogP contribution in [0.25, 0.3) is 11.1 Å². The van der Waals surface area contributed by atoms with Crippen LogP contribution in [-0.4, -0.2) is 0 Å². The van der Waals surface area contributed by atoms with E-state index in [1.807, 2.05) is 0 Å². The number of benzene rings is 3. The Bertz CT molecular complexity index is 1440. The molecule has 0 heteroatoms. The maximum atomic E-state index is 2.63. The largest absolute Gasteiger partial charge is 0.0622 e. The Morgan fingerprint density at radius 2 is 1.18 bits per heavy atom. The molecule has 6 rings (SSSR count). The second kappa shape index (κ2) is 8.57. The van der Waals surface area contributed by atoms with E-state index in [1.165, 1.54) is 51.8 Å². The van der Waals surface area contributed by atoms with E-state index in [-0.39, 0.29) is 21.7 Å². The van der Waals surface area contributed by atoms with Crippen LogP contribution in [0.2, 0.25) is 0 Å². The lowest BCUT2D eigenvalue weighted by molar-refractivity contribution is 0.442. The molecule has 0 fully saturated rings. The van der Waals surface area contributed by atoms with E-state index < -0.39 is 0 Å². The second-order valence-electron chi connectivity index (χ2n) is 15.5. The van der Waals surface area contributed by atoms with Gasteiger partial charge in [0.15, 0.2) is 0 Å². The van der Waals surface area contributed by atoms with Gasteiger partial charge in [0, 0.05) is 11.3 Å². The minimum absolute atomic E-state index is 0.0589. The number of allylic oxidation sites excluding steroid dienone is 4. The van der Waals surface area contributed by atoms with Crippen molar-refractivity contribution in [3.05, 3.63) is 117 Å². The van der Waals surface area contributed by atoms with Gasteiger partial charge in [0.05, 0.1) is 0 Å². The predicted molar refractivity (Wildman–Crippen MR) is 168 cm³/mol. The Morgan fingerprint density at radius 3 is 1.67 bits per heavy atom. The first-order valence-electron chi connectivity index (χ1n) is 15.0. The predicted octanol–water partition coefficient (Wildman–Crippen LogP) is 10.8. The zero-order valence-corrected chi connectivity index (χ0v) is 25.6. The summed E-state index contributed by atoms with van der Waals surface area (Å²) in [5.74, 6) is 0.303. The molecule has 3 aliphatic rings. The molecule has 0 amide bonds. The molecular formula is C39H46. The summed E-state index contributed by atoms with van der Waals surface area (Å²) in [4.78, 5) is 0. The third kappa shape index (κ3) is 4.09. The molecule has 0 aromatic heterocycles. The molecule has 0 nitrogen and oxygen atoms in total. The molecule has 1 atom stereocenters. The highest BCUT2D eigenvalue weighted by atomic mass is 14.6. The van der Waals surface area contributed by atoms with E-state index in [9.17, 15) is 0 Å². The summed E-state index contributed by atoms with van der Waals surface area (Å²) in [6, 6.07) is 26.3. The highest BCUT2D eigenvalue weighted by Gasteiger charge is 2.53. The van der Waals surface area contributed by atoms with Crippen LogP contribution in [0.1, 0.15) is 115 Å². The molecule has 3 aromatic rings. The summed E-state index contributed by atoms with van der Waals surface area (Å²) >= 11 is 0. The van der Waals surface area contributed by atoms with Gasteiger partial charge in [0.25, 0.3) is 0 Å². The standard InChI is InChI=1S/C39H46/c1-36(2,3)27-15-17-30-31-18-16-28(37(4,5)6)23-33(31)35(32(30)22-27)39(26-13-11-10-12-14-26)20-19-25-21-29(24-34(25)39)38(7,8)9/h10-18,22-24,35H,19-21H2,1-9H3. The third-order valence-corrected chi connectivity index (χ3v) is 9.90. The van der Waals surface area contributed by atoms with Crippen LogP contribution < -0.4 is 0 Å². The van der Waals surface area contributed by atoms with Gasteiger partial charge in [-0.15, -0.1) is 0 Å². The molecule has 0 saturated heterocycles. The van der Waals surface area contributed by atoms with Crippen LogP contribution >= 0.6 is 0 Å². The van der Waals surface area contributed by atoms with Gasteiger partial charge in [-0.05, 0) is 80.0 Å². The minimum Gasteiger partial charge on any atom is -0.0622 e. The molecular weight excluding hydrogens is 468 g/mol. The van der Waals surface area contributed by atoms with Gasteiger partial charge in [-0.25, -0.2) is 0 Å². The summed E-state index contributed by atoms with van der Waals surface area (Å²) in [6.45, 7) is 21.3. The Hall–Kier alpha value is -2.86. The fourth-order valence-electron chi connectivity index (χ4n) is 7.51. The first-order chi connectivity index (χ1) is 18.2. The Kier molecular flexibility index (Phi) is 5.79. The molecule has 39 heavy (non-hydrogen) atoms. The second-order valence-corrected chi connectivity index (χ2v) is 15.5. The van der Waals surface area contributed by atoms with E-state index in [4.69, 9.17) is 0 Å². The van der Waals surface area contributed by atoms with E-state index in [0.717, 1.165) is 6.42 Å². The fraction of sp³-hybridized carbons (Fsp3) is 0.436. The summed E-state index contributed by atoms with van der Waals surface area (Å²) in [5.41, 5.74) is 15.5. The third-order valence-electron chi connectivity index (χ3n) is 9.90. The van der Waals surface area contributed by atoms with Crippen LogP contribution in [0.5, 0.6) is 0 Å². The Morgan fingerprint density at radius 1 is 0.641 bits per heavy atom. The number of fused-ring (bicyclic) bond motifs is 3. The summed E-state index contributed by atoms with van der Waals surface area (Å²) in [5, 5.41) is 0. The van der Waals surface area contributed by atoms with Crippen LogP contribution in [-0.2, 0) is 16.2 Å². The molecule has 202 valence electrons. The maximum Gasteiger partial charge on any atom is 0.0315 e. The lowest BCUT2D eigenvalue weighted by Crippen LogP contribution is -2.33. The van der Waals surface area contributed by atoms with Gasteiger partial charge in [-0.1, -0.05) is 146 Å². The molecule has 0 spiro atoms. The summed E-state index contributed by atoms with van der Waals surface area (Å²) < 4.78 is 0. The van der Waals surface area contributed by atoms with E-state index >= 15 is 0 Å². The van der Waals surface area contributed by atoms with Gasteiger partial charge in [0.2, 0.25) is 0 Å². The first-order valence-corrected chi connectivity index (χ1v) is 15.0. The van der Waals surface area contributed by atoms with Crippen molar-refractivity contribution in [2.24, 2.45) is 5.41 Å². The molecule has 0 N–H and O–H groups in total. The zero-order chi connectivity index (χ0) is 28.0. The van der Waals surface area contributed by atoms with Crippen LogP contribution in [0.3, 0.4) is 0 Å². The molecule has 3 aromatic carbocycles. The molecule has 0 heterocycles. The van der Waals surface area contributed by atoms with Crippen molar-refractivity contribution in [2.75, 3.05) is 0 Å². The Balaban J connectivity index is 1.68. The van der Waals surface area contributed by atoms with Crippen LogP contribution in [0.15, 0.2) is 89.5 Å². The lowest BCUT2D eigenvalue weighted by Gasteiger charge is -2.40. The summed E-state index contributed by atoms with van der Waals surface area (Å²) in [7, 11) is 0. The van der Waals surface area contributed by atoms with Crippen molar-refractivity contribution in [1.29, 1.82) is 0 Å². The number of rotatable bonds is 2. The van der Waals surface area contributed by atoms with Crippen LogP contribution in [0.4, 0.5) is 0 Å². The molecule has 0 bridgehead atoms. The number of hydrogen-bond donors (Lipinski definition) is 0. The van der Waals surface area contributed by atoms with Gasteiger partial charge in [-0.3, -0.25) is 0 Å².